The summed E-state index contributed by atoms with van der Waals surface area (Å²) in [7, 11) is 0. The zero-order chi connectivity index (χ0) is 32.5. The molecule has 0 radical (unpaired) electrons. The van der Waals surface area contributed by atoms with E-state index in [4.69, 9.17) is 4.74 Å². The Bertz CT molecular complexity index is 1900. The van der Waals surface area contributed by atoms with Gasteiger partial charge in [0.1, 0.15) is 29.1 Å². The van der Waals surface area contributed by atoms with Crippen molar-refractivity contribution in [3.8, 4) is 11.8 Å². The summed E-state index contributed by atoms with van der Waals surface area (Å²) in [5.41, 5.74) is 0.851. The van der Waals surface area contributed by atoms with E-state index in [-0.39, 0.29) is 11.8 Å². The van der Waals surface area contributed by atoms with E-state index in [0.29, 0.717) is 11.2 Å². The summed E-state index contributed by atoms with van der Waals surface area (Å²) < 4.78 is 7.43. The van der Waals surface area contributed by atoms with Crippen molar-refractivity contribution in [1.29, 1.82) is 5.26 Å². The number of anilines is 2. The van der Waals surface area contributed by atoms with Gasteiger partial charge in [0, 0.05) is 24.5 Å². The fourth-order valence-electron chi connectivity index (χ4n) is 5.39. The lowest BCUT2D eigenvalue weighted by atomic mass is 10.1. The van der Waals surface area contributed by atoms with Gasteiger partial charge in [0.05, 0.1) is 6.61 Å². The minimum atomic E-state index is -1.68. The number of carboxylic acid groups (broad SMARTS) is 2. The van der Waals surface area contributed by atoms with E-state index in [1.807, 2.05) is 30.3 Å². The molecule has 0 amide bonds. The molecular formula is C34H36N4O7. The van der Waals surface area contributed by atoms with Gasteiger partial charge in [-0.15, -0.1) is 0 Å². The Morgan fingerprint density at radius 1 is 1.00 bits per heavy atom. The molecular weight excluding hydrogens is 576 g/mol. The van der Waals surface area contributed by atoms with Crippen LogP contribution in [0.1, 0.15) is 50.7 Å². The first kappa shape index (κ1) is 32.5. The van der Waals surface area contributed by atoms with Crippen LogP contribution in [0.5, 0.6) is 5.75 Å². The maximum atomic E-state index is 13.2. The molecule has 2 N–H and O–H groups in total. The Balaban J connectivity index is 1.61. The number of carboxylic acids is 2. The number of nitriles is 1. The van der Waals surface area contributed by atoms with E-state index in [9.17, 15) is 34.7 Å². The summed E-state index contributed by atoms with van der Waals surface area (Å²) in [6.07, 6.45) is 9.98. The maximum Gasteiger partial charge on any atom is 0.350 e. The molecule has 0 atom stereocenters. The molecule has 0 bridgehead atoms. The van der Waals surface area contributed by atoms with Gasteiger partial charge in [-0.25, -0.2) is 4.79 Å². The molecule has 0 spiro atoms. The summed E-state index contributed by atoms with van der Waals surface area (Å²) in [5.74, 6) is -2.26. The SMILES string of the molecule is CCCCCCOc1ccc(N2CCc3cc(/C=C/C=c4\c(=O)n(CC)/c(=C(\C#N)C(=O)O)n(CC(=O)O)c4=O)ccc32)cc1. The number of ether oxygens (including phenoxy) is 1. The number of hydrogen-bond donors (Lipinski definition) is 2. The van der Waals surface area contributed by atoms with Crippen LogP contribution in [0.15, 0.2) is 58.1 Å². The van der Waals surface area contributed by atoms with Crippen LogP contribution in [0.4, 0.5) is 11.4 Å². The minimum absolute atomic E-state index is 0.0901. The average Bonchev–Trinajstić information content (AvgIpc) is 3.44. The summed E-state index contributed by atoms with van der Waals surface area (Å²) in [6, 6.07) is 15.5. The smallest absolute Gasteiger partial charge is 0.350 e. The molecule has 45 heavy (non-hydrogen) atoms. The number of aromatic nitrogens is 2. The minimum Gasteiger partial charge on any atom is -0.494 e. The third kappa shape index (κ3) is 7.41. The molecule has 0 saturated heterocycles. The molecule has 0 fully saturated rings. The topological polar surface area (TPSA) is 155 Å². The summed E-state index contributed by atoms with van der Waals surface area (Å²) in [6.45, 7) is 4.23. The molecule has 3 aromatic rings. The van der Waals surface area contributed by atoms with Gasteiger partial charge in [-0.2, -0.15) is 5.26 Å². The van der Waals surface area contributed by atoms with Crippen molar-refractivity contribution in [2.75, 3.05) is 18.1 Å². The molecule has 234 valence electrons. The largest absolute Gasteiger partial charge is 0.494 e. The van der Waals surface area contributed by atoms with Crippen molar-refractivity contribution in [3.05, 3.63) is 91.1 Å². The fraction of sp³-hybridized carbons (Fsp3) is 0.324. The highest BCUT2D eigenvalue weighted by molar-refractivity contribution is 6.13. The molecule has 11 nitrogen and oxygen atoms in total. The Hall–Kier alpha value is -5.37. The van der Waals surface area contributed by atoms with Crippen molar-refractivity contribution in [1.82, 2.24) is 9.13 Å². The third-order valence-electron chi connectivity index (χ3n) is 7.59. The molecule has 0 aliphatic carbocycles. The summed E-state index contributed by atoms with van der Waals surface area (Å²) in [5, 5.41) is 27.9. The lowest BCUT2D eigenvalue weighted by Gasteiger charge is -2.20. The first-order chi connectivity index (χ1) is 21.7. The zero-order valence-corrected chi connectivity index (χ0v) is 25.4. The number of allylic oxidation sites excluding steroid dienone is 1. The van der Waals surface area contributed by atoms with E-state index >= 15 is 0 Å². The molecule has 11 heteroatoms. The number of rotatable bonds is 13. The van der Waals surface area contributed by atoms with Crippen molar-refractivity contribution in [2.45, 2.75) is 59.0 Å². The van der Waals surface area contributed by atoms with E-state index in [1.54, 1.807) is 6.08 Å². The Morgan fingerprint density at radius 3 is 2.38 bits per heavy atom. The quantitative estimate of drug-likeness (QED) is 0.277. The number of fused-ring (bicyclic) bond motifs is 1. The Morgan fingerprint density at radius 2 is 1.73 bits per heavy atom. The van der Waals surface area contributed by atoms with Gasteiger partial charge in [0.2, 0.25) is 0 Å². The number of nitrogens with zero attached hydrogens (tertiary/aromatic N) is 4. The van der Waals surface area contributed by atoms with E-state index in [2.05, 4.69) is 24.0 Å². The fourth-order valence-corrected chi connectivity index (χ4v) is 5.39. The van der Waals surface area contributed by atoms with E-state index in [1.165, 1.54) is 44.4 Å². The first-order valence-corrected chi connectivity index (χ1v) is 14.9. The van der Waals surface area contributed by atoms with Crippen molar-refractivity contribution < 1.29 is 24.5 Å². The van der Waals surface area contributed by atoms with Gasteiger partial charge in [0.15, 0.2) is 5.57 Å². The summed E-state index contributed by atoms with van der Waals surface area (Å²) in [4.78, 5) is 51.9. The number of carbonyl (C=O) groups is 2. The first-order valence-electron chi connectivity index (χ1n) is 14.9. The monoisotopic (exact) mass is 612 g/mol. The highest BCUT2D eigenvalue weighted by atomic mass is 16.5. The standard InChI is InChI=1S/C34H36N4O7/c1-3-5-6-7-19-45-26-14-12-25(13-15-26)37-18-17-24-20-23(11-16-29(24)37)9-8-10-27-32(41)36(4-2)31(28(21-35)34(43)44)38(33(27)42)22-30(39)40/h8-16,20H,3-7,17-19,22H2,1-2H3,(H,39,40)(H,43,44)/b9-8+,27-10+,31-28-. The van der Waals surface area contributed by atoms with Crippen molar-refractivity contribution in [3.63, 3.8) is 0 Å². The zero-order valence-electron chi connectivity index (χ0n) is 25.4. The molecule has 0 unspecified atom stereocenters. The third-order valence-corrected chi connectivity index (χ3v) is 7.59. The molecule has 1 aliphatic heterocycles. The van der Waals surface area contributed by atoms with Gasteiger partial charge >= 0.3 is 11.9 Å². The second-order valence-corrected chi connectivity index (χ2v) is 10.6. The number of unbranched alkanes of at least 4 members (excludes halogenated alkanes) is 3. The van der Waals surface area contributed by atoms with Crippen LogP contribution in [0.25, 0.3) is 17.7 Å². The normalized spacial score (nSPS) is 13.5. The molecule has 1 aromatic heterocycles. The van der Waals surface area contributed by atoms with Gasteiger partial charge in [0.25, 0.3) is 11.1 Å². The second kappa shape index (κ2) is 14.9. The van der Waals surface area contributed by atoms with Crippen LogP contribution in [-0.2, 0) is 29.1 Å². The van der Waals surface area contributed by atoms with E-state index in [0.717, 1.165) is 52.2 Å². The van der Waals surface area contributed by atoms with Gasteiger partial charge in [-0.1, -0.05) is 44.4 Å². The van der Waals surface area contributed by atoms with Crippen LogP contribution in [0.2, 0.25) is 0 Å². The van der Waals surface area contributed by atoms with Crippen LogP contribution >= 0.6 is 0 Å². The van der Waals surface area contributed by atoms with Crippen LogP contribution in [0, 0.1) is 11.3 Å². The van der Waals surface area contributed by atoms with Crippen LogP contribution in [-0.4, -0.2) is 44.4 Å². The van der Waals surface area contributed by atoms with E-state index < -0.39 is 40.7 Å². The van der Waals surface area contributed by atoms with Crippen LogP contribution in [0.3, 0.4) is 0 Å². The molecule has 0 saturated carbocycles. The van der Waals surface area contributed by atoms with Gasteiger partial charge < -0.3 is 19.8 Å². The van der Waals surface area contributed by atoms with Crippen molar-refractivity contribution >= 4 is 41.0 Å². The highest BCUT2D eigenvalue weighted by Gasteiger charge is 2.21. The average molecular weight is 613 g/mol. The Kier molecular flexibility index (Phi) is 10.8. The lowest BCUT2D eigenvalue weighted by Crippen LogP contribution is -2.59. The van der Waals surface area contributed by atoms with Gasteiger partial charge in [-0.05, 0) is 73.4 Å². The predicted octanol–water partition coefficient (Wildman–Crippen LogP) is 3.02. The number of hydrogen-bond acceptors (Lipinski definition) is 7. The van der Waals surface area contributed by atoms with Gasteiger partial charge in [-0.3, -0.25) is 23.5 Å². The molecule has 2 heterocycles. The van der Waals surface area contributed by atoms with Crippen LogP contribution < -0.4 is 31.5 Å². The highest BCUT2D eigenvalue weighted by Crippen LogP contribution is 2.36. The molecule has 2 aromatic carbocycles. The number of aliphatic carboxylic acids is 2. The van der Waals surface area contributed by atoms with Crippen molar-refractivity contribution in [2.24, 2.45) is 0 Å². The predicted molar refractivity (Wildman–Crippen MR) is 171 cm³/mol. The Labute approximate surface area is 259 Å². The summed E-state index contributed by atoms with van der Waals surface area (Å²) >= 11 is 0. The maximum absolute atomic E-state index is 13.2. The molecule has 4 rings (SSSR count). The second-order valence-electron chi connectivity index (χ2n) is 10.6. The number of benzene rings is 2. The lowest BCUT2D eigenvalue weighted by molar-refractivity contribution is -0.138. The molecule has 1 aliphatic rings.